The molecule has 66 valence electrons. The highest BCUT2D eigenvalue weighted by molar-refractivity contribution is 9.10. The maximum absolute atomic E-state index is 11.0. The van der Waals surface area contributed by atoms with E-state index >= 15 is 0 Å². The largest absolute Gasteiger partial charge is 0.468 e. The van der Waals surface area contributed by atoms with E-state index in [0.29, 0.717) is 0 Å². The molecule has 1 aromatic rings. The van der Waals surface area contributed by atoms with Crippen LogP contribution in [0.4, 0.5) is 0 Å². The molecule has 1 aromatic heterocycles. The average molecular weight is 270 g/mol. The Kier molecular flexibility index (Phi) is 3.55. The molecule has 0 aromatic carbocycles. The summed E-state index contributed by atoms with van der Waals surface area (Å²) in [6, 6.07) is 1.80. The number of methoxy groups -OCH3 is 1. The number of halogens is 2. The molecule has 0 aliphatic heterocycles. The zero-order chi connectivity index (χ0) is 9.14. The first-order valence-corrected chi connectivity index (χ1v) is 5.22. The van der Waals surface area contributed by atoms with Crippen molar-refractivity contribution in [3.8, 4) is 0 Å². The molecule has 1 unspecified atom stereocenters. The SMILES string of the molecule is COC(=O)C(Cl)c1cc(Br)cs1. The Bertz CT molecular complexity index is 287. The zero-order valence-corrected chi connectivity index (χ0v) is 9.37. The predicted octanol–water partition coefficient (Wildman–Crippen LogP) is 2.96. The van der Waals surface area contributed by atoms with Crippen molar-refractivity contribution in [2.24, 2.45) is 0 Å². The molecule has 1 rings (SSSR count). The lowest BCUT2D eigenvalue weighted by atomic mass is 10.3. The highest BCUT2D eigenvalue weighted by Gasteiger charge is 2.19. The van der Waals surface area contributed by atoms with Crippen LogP contribution in [0.15, 0.2) is 15.9 Å². The summed E-state index contributed by atoms with van der Waals surface area (Å²) in [7, 11) is 1.32. The van der Waals surface area contributed by atoms with Crippen LogP contribution in [0.25, 0.3) is 0 Å². The minimum Gasteiger partial charge on any atom is -0.468 e. The van der Waals surface area contributed by atoms with Crippen LogP contribution in [0.1, 0.15) is 10.3 Å². The van der Waals surface area contributed by atoms with Gasteiger partial charge in [-0.1, -0.05) is 0 Å². The van der Waals surface area contributed by atoms with Gasteiger partial charge in [-0.2, -0.15) is 0 Å². The molecule has 2 nitrogen and oxygen atoms in total. The number of alkyl halides is 1. The van der Waals surface area contributed by atoms with Crippen molar-refractivity contribution in [2.45, 2.75) is 5.38 Å². The Morgan fingerprint density at radius 3 is 2.92 bits per heavy atom. The second kappa shape index (κ2) is 4.25. The maximum atomic E-state index is 11.0. The van der Waals surface area contributed by atoms with E-state index in [9.17, 15) is 4.79 Å². The zero-order valence-electron chi connectivity index (χ0n) is 6.21. The predicted molar refractivity (Wildman–Crippen MR) is 52.6 cm³/mol. The maximum Gasteiger partial charge on any atom is 0.329 e. The van der Waals surface area contributed by atoms with Crippen LogP contribution in [0, 0.1) is 0 Å². The van der Waals surface area contributed by atoms with Gasteiger partial charge in [-0.05, 0) is 22.0 Å². The van der Waals surface area contributed by atoms with Crippen molar-refractivity contribution >= 4 is 44.8 Å². The minimum atomic E-state index is -0.689. The van der Waals surface area contributed by atoms with Crippen LogP contribution >= 0.6 is 38.9 Å². The first-order chi connectivity index (χ1) is 5.65. The second-order valence-electron chi connectivity index (χ2n) is 2.05. The lowest BCUT2D eigenvalue weighted by molar-refractivity contribution is -0.140. The summed E-state index contributed by atoms with van der Waals surface area (Å²) in [4.78, 5) is 11.7. The molecule has 12 heavy (non-hydrogen) atoms. The van der Waals surface area contributed by atoms with E-state index < -0.39 is 11.3 Å². The van der Waals surface area contributed by atoms with Crippen molar-refractivity contribution < 1.29 is 9.53 Å². The molecule has 0 N–H and O–H groups in total. The van der Waals surface area contributed by atoms with Crippen molar-refractivity contribution in [3.05, 3.63) is 20.8 Å². The molecular weight excluding hydrogens is 263 g/mol. The number of ether oxygens (including phenoxy) is 1. The van der Waals surface area contributed by atoms with E-state index in [-0.39, 0.29) is 0 Å². The van der Waals surface area contributed by atoms with Crippen LogP contribution in [0.2, 0.25) is 0 Å². The fourth-order valence-electron chi connectivity index (χ4n) is 0.681. The third-order valence-electron chi connectivity index (χ3n) is 1.25. The Morgan fingerprint density at radius 2 is 2.50 bits per heavy atom. The van der Waals surface area contributed by atoms with Crippen LogP contribution in [0.3, 0.4) is 0 Å². The summed E-state index contributed by atoms with van der Waals surface area (Å²) >= 11 is 10.5. The van der Waals surface area contributed by atoms with Gasteiger partial charge in [0, 0.05) is 14.7 Å². The summed E-state index contributed by atoms with van der Waals surface area (Å²) in [5.41, 5.74) is 0. The van der Waals surface area contributed by atoms with Crippen LogP contribution in [-0.2, 0) is 9.53 Å². The molecule has 0 radical (unpaired) electrons. The molecule has 0 aliphatic rings. The number of carbonyl (C=O) groups is 1. The molecule has 0 saturated carbocycles. The Balaban J connectivity index is 2.77. The van der Waals surface area contributed by atoms with Gasteiger partial charge < -0.3 is 4.74 Å². The van der Waals surface area contributed by atoms with Gasteiger partial charge in [0.1, 0.15) is 0 Å². The smallest absolute Gasteiger partial charge is 0.329 e. The average Bonchev–Trinajstić information content (AvgIpc) is 2.49. The van der Waals surface area contributed by atoms with Crippen molar-refractivity contribution in [1.82, 2.24) is 0 Å². The van der Waals surface area contributed by atoms with Gasteiger partial charge in [0.15, 0.2) is 5.38 Å². The van der Waals surface area contributed by atoms with E-state index in [1.54, 1.807) is 6.07 Å². The number of rotatable bonds is 2. The summed E-state index contributed by atoms with van der Waals surface area (Å²) in [5.74, 6) is -0.425. The molecule has 0 aliphatic carbocycles. The van der Waals surface area contributed by atoms with Crippen molar-refractivity contribution in [2.75, 3.05) is 7.11 Å². The normalized spacial score (nSPS) is 12.6. The standard InChI is InChI=1S/C7H6BrClO2S/c1-11-7(10)6(9)5-2-4(8)3-12-5/h2-3,6H,1H3. The van der Waals surface area contributed by atoms with Crippen LogP contribution in [-0.4, -0.2) is 13.1 Å². The summed E-state index contributed by atoms with van der Waals surface area (Å²) in [5, 5.41) is 1.18. The van der Waals surface area contributed by atoms with Gasteiger partial charge in [0.05, 0.1) is 7.11 Å². The van der Waals surface area contributed by atoms with Crippen LogP contribution < -0.4 is 0 Å². The molecule has 1 heterocycles. The highest BCUT2D eigenvalue weighted by Crippen LogP contribution is 2.30. The van der Waals surface area contributed by atoms with Crippen molar-refractivity contribution in [3.63, 3.8) is 0 Å². The Labute approximate surface area is 87.6 Å². The first kappa shape index (κ1) is 10.0. The first-order valence-electron chi connectivity index (χ1n) is 3.11. The number of hydrogen-bond acceptors (Lipinski definition) is 3. The van der Waals surface area contributed by atoms with Crippen molar-refractivity contribution in [1.29, 1.82) is 0 Å². The molecule has 0 bridgehead atoms. The molecule has 0 amide bonds. The fourth-order valence-corrected chi connectivity index (χ4v) is 2.39. The topological polar surface area (TPSA) is 26.3 Å². The molecule has 5 heteroatoms. The van der Waals surface area contributed by atoms with E-state index in [4.69, 9.17) is 11.6 Å². The monoisotopic (exact) mass is 268 g/mol. The Hall–Kier alpha value is -0.0600. The minimum absolute atomic E-state index is 0.425. The van der Waals surface area contributed by atoms with E-state index in [1.165, 1.54) is 18.4 Å². The highest BCUT2D eigenvalue weighted by atomic mass is 79.9. The Morgan fingerprint density at radius 1 is 1.83 bits per heavy atom. The molecule has 0 saturated heterocycles. The van der Waals surface area contributed by atoms with Gasteiger partial charge >= 0.3 is 5.97 Å². The third kappa shape index (κ3) is 2.21. The van der Waals surface area contributed by atoms with Gasteiger partial charge in [-0.15, -0.1) is 22.9 Å². The van der Waals surface area contributed by atoms with Gasteiger partial charge in [0.25, 0.3) is 0 Å². The van der Waals surface area contributed by atoms with Crippen LogP contribution in [0.5, 0.6) is 0 Å². The molecule has 0 fully saturated rings. The van der Waals surface area contributed by atoms with Gasteiger partial charge in [0.2, 0.25) is 0 Å². The number of esters is 1. The van der Waals surface area contributed by atoms with Gasteiger partial charge in [-0.25, -0.2) is 0 Å². The van der Waals surface area contributed by atoms with E-state index in [1.807, 2.05) is 5.38 Å². The summed E-state index contributed by atoms with van der Waals surface area (Å²) in [6.45, 7) is 0. The quantitative estimate of drug-likeness (QED) is 0.609. The van der Waals surface area contributed by atoms with Gasteiger partial charge in [-0.3, -0.25) is 4.79 Å². The molecule has 0 spiro atoms. The number of carbonyl (C=O) groups excluding carboxylic acids is 1. The summed E-state index contributed by atoms with van der Waals surface area (Å²) < 4.78 is 5.42. The van der Waals surface area contributed by atoms with E-state index in [2.05, 4.69) is 20.7 Å². The lowest BCUT2D eigenvalue weighted by Crippen LogP contribution is -2.06. The fraction of sp³-hybridized carbons (Fsp3) is 0.286. The lowest BCUT2D eigenvalue weighted by Gasteiger charge is -2.02. The molecular formula is C7H6BrClO2S. The number of hydrogen-bond donors (Lipinski definition) is 0. The summed E-state index contributed by atoms with van der Waals surface area (Å²) in [6.07, 6.45) is 0. The molecule has 1 atom stereocenters. The van der Waals surface area contributed by atoms with E-state index in [0.717, 1.165) is 9.35 Å². The number of thiophene rings is 1. The second-order valence-corrected chi connectivity index (χ2v) is 4.35. The third-order valence-corrected chi connectivity index (χ3v) is 3.55.